The number of ketones is 1. The van der Waals surface area contributed by atoms with Crippen LogP contribution in [0.3, 0.4) is 0 Å². The van der Waals surface area contributed by atoms with Gasteiger partial charge in [-0.25, -0.2) is 0 Å². The van der Waals surface area contributed by atoms with E-state index in [-0.39, 0.29) is 24.5 Å². The van der Waals surface area contributed by atoms with Gasteiger partial charge in [0.15, 0.2) is 5.78 Å². The Kier molecular flexibility index (Phi) is 5.12. The maximum Gasteiger partial charge on any atom is 0.179 e. The molecule has 0 heterocycles. The molecule has 0 bridgehead atoms. The van der Waals surface area contributed by atoms with E-state index in [9.17, 15) is 4.79 Å². The van der Waals surface area contributed by atoms with Gasteiger partial charge in [0, 0.05) is 16.6 Å². The lowest BCUT2D eigenvalue weighted by Crippen LogP contribution is -2.43. The third-order valence-electron chi connectivity index (χ3n) is 3.08. The summed E-state index contributed by atoms with van der Waals surface area (Å²) in [6.07, 6.45) is 0. The molecule has 0 aliphatic rings. The van der Waals surface area contributed by atoms with Gasteiger partial charge < -0.3 is 5.11 Å². The lowest BCUT2D eigenvalue weighted by atomic mass is 10.0. The molecule has 1 N–H and O–H groups in total. The molecule has 0 aliphatic heterocycles. The van der Waals surface area contributed by atoms with Crippen LogP contribution in [0, 0.1) is 0 Å². The van der Waals surface area contributed by atoms with Crippen LogP contribution in [0.1, 0.15) is 24.2 Å². The van der Waals surface area contributed by atoms with Crippen LogP contribution in [0.5, 0.6) is 0 Å². The minimum absolute atomic E-state index is 0.0319. The summed E-state index contributed by atoms with van der Waals surface area (Å²) in [4.78, 5) is 14.0. The molecule has 1 aromatic rings. The number of likely N-dealkylation sites (N-methyl/N-ethyl adjacent to an activating group) is 1. The van der Waals surface area contributed by atoms with Crippen molar-refractivity contribution in [3.8, 4) is 0 Å². The molecule has 0 spiro atoms. The Bertz CT molecular complexity index is 378. The Labute approximate surface area is 107 Å². The van der Waals surface area contributed by atoms with Gasteiger partial charge in [-0.05, 0) is 45.2 Å². The van der Waals surface area contributed by atoms with Crippen molar-refractivity contribution in [1.82, 2.24) is 4.90 Å². The topological polar surface area (TPSA) is 40.5 Å². The number of hydrogen-bond donors (Lipinski definition) is 1. The molecule has 0 fully saturated rings. The van der Waals surface area contributed by atoms with Crippen molar-refractivity contribution < 1.29 is 9.90 Å². The van der Waals surface area contributed by atoms with Crippen LogP contribution in [0.2, 0.25) is 5.02 Å². The van der Waals surface area contributed by atoms with Crippen LogP contribution in [0.4, 0.5) is 0 Å². The summed E-state index contributed by atoms with van der Waals surface area (Å²) in [5, 5.41) is 9.69. The van der Waals surface area contributed by atoms with Crippen LogP contribution in [-0.2, 0) is 0 Å². The molecule has 1 rings (SSSR count). The Balaban J connectivity index is 2.79. The van der Waals surface area contributed by atoms with Gasteiger partial charge in [0.1, 0.15) is 0 Å². The van der Waals surface area contributed by atoms with Gasteiger partial charge in [-0.2, -0.15) is 0 Å². The third-order valence-corrected chi connectivity index (χ3v) is 3.33. The highest BCUT2D eigenvalue weighted by atomic mass is 35.5. The summed E-state index contributed by atoms with van der Waals surface area (Å²) in [6, 6.07) is 6.55. The molecule has 94 valence electrons. The van der Waals surface area contributed by atoms with E-state index in [1.165, 1.54) is 0 Å². The van der Waals surface area contributed by atoms with E-state index >= 15 is 0 Å². The van der Waals surface area contributed by atoms with Crippen molar-refractivity contribution in [1.29, 1.82) is 0 Å². The number of aliphatic hydroxyl groups excluding tert-OH is 1. The summed E-state index contributed by atoms with van der Waals surface area (Å²) >= 11 is 5.78. The number of hydrogen-bond acceptors (Lipinski definition) is 3. The van der Waals surface area contributed by atoms with E-state index in [2.05, 4.69) is 0 Å². The SMILES string of the molecule is CC(CO)N(C)C(C)C(=O)c1ccc(Cl)cc1. The molecule has 0 saturated heterocycles. The molecule has 0 aliphatic carbocycles. The quantitative estimate of drug-likeness (QED) is 0.821. The molecule has 0 aromatic heterocycles. The lowest BCUT2D eigenvalue weighted by Gasteiger charge is -2.28. The largest absolute Gasteiger partial charge is 0.395 e. The van der Waals surface area contributed by atoms with Crippen molar-refractivity contribution in [2.24, 2.45) is 0 Å². The maximum atomic E-state index is 12.2. The Morgan fingerprint density at radius 3 is 2.35 bits per heavy atom. The molecule has 2 unspecified atom stereocenters. The van der Waals surface area contributed by atoms with Gasteiger partial charge in [-0.1, -0.05) is 11.6 Å². The molecular formula is C13H18ClNO2. The standard InChI is InChI=1S/C13H18ClNO2/c1-9(8-16)15(3)10(2)13(17)11-4-6-12(14)7-5-11/h4-7,9-10,16H,8H2,1-3H3. The number of halogens is 1. The van der Waals surface area contributed by atoms with Gasteiger partial charge in [0.2, 0.25) is 0 Å². The highest BCUT2D eigenvalue weighted by Gasteiger charge is 2.22. The normalized spacial score (nSPS) is 14.7. The van der Waals surface area contributed by atoms with Crippen molar-refractivity contribution in [3.05, 3.63) is 34.9 Å². The first-order valence-corrected chi connectivity index (χ1v) is 5.97. The van der Waals surface area contributed by atoms with Crippen LogP contribution in [0.15, 0.2) is 24.3 Å². The second-order valence-corrected chi connectivity index (χ2v) is 4.68. The summed E-state index contributed by atoms with van der Waals surface area (Å²) < 4.78 is 0. The summed E-state index contributed by atoms with van der Waals surface area (Å²) in [5.41, 5.74) is 0.638. The fourth-order valence-corrected chi connectivity index (χ4v) is 1.68. The minimum atomic E-state index is -0.265. The number of carbonyl (C=O) groups excluding carboxylic acids is 1. The predicted molar refractivity (Wildman–Crippen MR) is 69.6 cm³/mol. The van der Waals surface area contributed by atoms with E-state index < -0.39 is 0 Å². The van der Waals surface area contributed by atoms with Gasteiger partial charge >= 0.3 is 0 Å². The van der Waals surface area contributed by atoms with E-state index in [1.807, 2.05) is 25.8 Å². The van der Waals surface area contributed by atoms with Crippen molar-refractivity contribution in [2.45, 2.75) is 25.9 Å². The number of benzene rings is 1. The summed E-state index contributed by atoms with van der Waals surface area (Å²) in [7, 11) is 1.83. The number of nitrogens with zero attached hydrogens (tertiary/aromatic N) is 1. The molecular weight excluding hydrogens is 238 g/mol. The van der Waals surface area contributed by atoms with Gasteiger partial charge in [-0.3, -0.25) is 9.69 Å². The first-order chi connectivity index (χ1) is 7.97. The van der Waals surface area contributed by atoms with E-state index in [4.69, 9.17) is 16.7 Å². The summed E-state index contributed by atoms with van der Waals surface area (Å²) in [6.45, 7) is 3.75. The number of Topliss-reactive ketones (excluding diaryl/α,β-unsaturated/α-hetero) is 1. The zero-order chi connectivity index (χ0) is 13.0. The average Bonchev–Trinajstić information content (AvgIpc) is 2.36. The minimum Gasteiger partial charge on any atom is -0.395 e. The lowest BCUT2D eigenvalue weighted by molar-refractivity contribution is 0.0763. The highest BCUT2D eigenvalue weighted by Crippen LogP contribution is 2.14. The zero-order valence-corrected chi connectivity index (χ0v) is 11.1. The molecule has 4 heteroatoms. The first kappa shape index (κ1) is 14.2. The average molecular weight is 256 g/mol. The van der Waals surface area contributed by atoms with Crippen molar-refractivity contribution in [2.75, 3.05) is 13.7 Å². The van der Waals surface area contributed by atoms with Crippen molar-refractivity contribution in [3.63, 3.8) is 0 Å². The number of carbonyl (C=O) groups is 1. The molecule has 3 nitrogen and oxygen atoms in total. The predicted octanol–water partition coefficient (Wildman–Crippen LogP) is 2.22. The van der Waals surface area contributed by atoms with Crippen LogP contribution < -0.4 is 0 Å². The number of aliphatic hydroxyl groups is 1. The number of rotatable bonds is 5. The van der Waals surface area contributed by atoms with Crippen LogP contribution >= 0.6 is 11.6 Å². The highest BCUT2D eigenvalue weighted by molar-refractivity contribution is 6.30. The second-order valence-electron chi connectivity index (χ2n) is 4.24. The Morgan fingerprint density at radius 2 is 1.88 bits per heavy atom. The molecule has 0 saturated carbocycles. The van der Waals surface area contributed by atoms with Gasteiger partial charge in [0.25, 0.3) is 0 Å². The summed E-state index contributed by atoms with van der Waals surface area (Å²) in [5.74, 6) is 0.0319. The Morgan fingerprint density at radius 1 is 1.35 bits per heavy atom. The van der Waals surface area contributed by atoms with E-state index in [0.29, 0.717) is 10.6 Å². The smallest absolute Gasteiger partial charge is 0.179 e. The van der Waals surface area contributed by atoms with Gasteiger partial charge in [-0.15, -0.1) is 0 Å². The molecule has 17 heavy (non-hydrogen) atoms. The fourth-order valence-electron chi connectivity index (χ4n) is 1.55. The molecule has 0 amide bonds. The van der Waals surface area contributed by atoms with Crippen LogP contribution in [0.25, 0.3) is 0 Å². The molecule has 0 radical (unpaired) electrons. The van der Waals surface area contributed by atoms with E-state index in [1.54, 1.807) is 24.3 Å². The van der Waals surface area contributed by atoms with E-state index in [0.717, 1.165) is 0 Å². The molecule has 2 atom stereocenters. The zero-order valence-electron chi connectivity index (χ0n) is 10.4. The van der Waals surface area contributed by atoms with Gasteiger partial charge in [0.05, 0.1) is 12.6 Å². The van der Waals surface area contributed by atoms with Crippen LogP contribution in [-0.4, -0.2) is 41.5 Å². The Hall–Kier alpha value is -0.900. The first-order valence-electron chi connectivity index (χ1n) is 5.60. The monoisotopic (exact) mass is 255 g/mol. The maximum absolute atomic E-state index is 12.2. The third kappa shape index (κ3) is 3.53. The fraction of sp³-hybridized carbons (Fsp3) is 0.462. The molecule has 1 aromatic carbocycles. The van der Waals surface area contributed by atoms with Crippen molar-refractivity contribution >= 4 is 17.4 Å². The second kappa shape index (κ2) is 6.15.